The van der Waals surface area contributed by atoms with E-state index in [1.54, 1.807) is 24.3 Å². The third-order valence-electron chi connectivity index (χ3n) is 4.05. The number of anilines is 1. The highest BCUT2D eigenvalue weighted by molar-refractivity contribution is 6.33. The minimum atomic E-state index is -0.884. The van der Waals surface area contributed by atoms with Crippen molar-refractivity contribution >= 4 is 35.1 Å². The third-order valence-corrected chi connectivity index (χ3v) is 4.38. The Bertz CT molecular complexity index is 642. The molecule has 24 heavy (non-hydrogen) atoms. The molecule has 0 aliphatic carbocycles. The summed E-state index contributed by atoms with van der Waals surface area (Å²) in [6, 6.07) is 6.28. The molecule has 0 saturated carbocycles. The van der Waals surface area contributed by atoms with Crippen molar-refractivity contribution in [3.63, 3.8) is 0 Å². The summed E-state index contributed by atoms with van der Waals surface area (Å²) < 4.78 is 0. The Morgan fingerprint density at radius 3 is 2.42 bits per heavy atom. The van der Waals surface area contributed by atoms with Crippen molar-refractivity contribution in [2.24, 2.45) is 0 Å². The van der Waals surface area contributed by atoms with E-state index in [4.69, 9.17) is 11.6 Å². The molecule has 0 unspecified atom stereocenters. The van der Waals surface area contributed by atoms with Crippen LogP contribution in [0, 0.1) is 0 Å². The van der Waals surface area contributed by atoms with Crippen LogP contribution in [0.5, 0.6) is 0 Å². The smallest absolute Gasteiger partial charge is 0.323 e. The zero-order valence-corrected chi connectivity index (χ0v) is 14.7. The van der Waals surface area contributed by atoms with E-state index in [1.807, 2.05) is 13.8 Å². The first kappa shape index (κ1) is 18.3. The molecular weight excluding hydrogens is 330 g/mol. The average molecular weight is 352 g/mol. The summed E-state index contributed by atoms with van der Waals surface area (Å²) in [5, 5.41) is 5.80. The topological polar surface area (TPSA) is 78.5 Å². The normalized spacial score (nSPS) is 16.2. The molecule has 0 aromatic heterocycles. The minimum absolute atomic E-state index is 0.328. The van der Waals surface area contributed by atoms with Crippen molar-refractivity contribution in [1.29, 1.82) is 0 Å². The molecule has 6 nitrogen and oxygen atoms in total. The molecular formula is C17H22ClN3O3. The molecule has 1 fully saturated rings. The largest absolute Gasteiger partial charge is 0.325 e. The Morgan fingerprint density at radius 2 is 1.83 bits per heavy atom. The highest BCUT2D eigenvalue weighted by Gasteiger charge is 2.50. The van der Waals surface area contributed by atoms with E-state index in [0.717, 1.165) is 17.7 Å². The van der Waals surface area contributed by atoms with Gasteiger partial charge in [0.05, 0.1) is 10.7 Å². The molecule has 4 amide bonds. The summed E-state index contributed by atoms with van der Waals surface area (Å²) in [4.78, 5) is 38.1. The second kappa shape index (κ2) is 7.66. The van der Waals surface area contributed by atoms with Gasteiger partial charge in [0.15, 0.2) is 0 Å². The van der Waals surface area contributed by atoms with Crippen molar-refractivity contribution in [1.82, 2.24) is 10.2 Å². The SMILES string of the molecule is CCCC1(CCC)NC(=O)N(CC(=O)Nc2ccccc2Cl)C1=O. The fourth-order valence-electron chi connectivity index (χ4n) is 3.03. The molecule has 1 aromatic carbocycles. The zero-order valence-electron chi connectivity index (χ0n) is 13.9. The van der Waals surface area contributed by atoms with Crippen molar-refractivity contribution in [3.8, 4) is 0 Å². The first-order valence-corrected chi connectivity index (χ1v) is 8.49. The number of para-hydroxylation sites is 1. The highest BCUT2D eigenvalue weighted by atomic mass is 35.5. The summed E-state index contributed by atoms with van der Waals surface area (Å²) in [5.74, 6) is -0.791. The quantitative estimate of drug-likeness (QED) is 0.740. The van der Waals surface area contributed by atoms with Crippen LogP contribution in [0.1, 0.15) is 39.5 Å². The number of hydrogen-bond donors (Lipinski definition) is 2. The molecule has 0 radical (unpaired) electrons. The number of nitrogens with zero attached hydrogens (tertiary/aromatic N) is 1. The second-order valence-corrected chi connectivity index (χ2v) is 6.34. The van der Waals surface area contributed by atoms with Crippen molar-refractivity contribution in [3.05, 3.63) is 29.3 Å². The van der Waals surface area contributed by atoms with Gasteiger partial charge in [-0.1, -0.05) is 50.4 Å². The van der Waals surface area contributed by atoms with Gasteiger partial charge in [0, 0.05) is 0 Å². The third kappa shape index (κ3) is 3.70. The Morgan fingerprint density at radius 1 is 1.21 bits per heavy atom. The average Bonchev–Trinajstić information content (AvgIpc) is 2.75. The molecule has 7 heteroatoms. The van der Waals surface area contributed by atoms with E-state index >= 15 is 0 Å². The van der Waals surface area contributed by atoms with E-state index < -0.39 is 17.5 Å². The summed E-state index contributed by atoms with van der Waals surface area (Å²) in [6.45, 7) is 3.60. The highest BCUT2D eigenvalue weighted by Crippen LogP contribution is 2.28. The number of nitrogens with one attached hydrogen (secondary N) is 2. The van der Waals surface area contributed by atoms with Gasteiger partial charge in [0.2, 0.25) is 5.91 Å². The number of amides is 4. The fourth-order valence-corrected chi connectivity index (χ4v) is 3.22. The summed E-state index contributed by atoms with van der Waals surface area (Å²) >= 11 is 6.00. The van der Waals surface area contributed by atoms with Crippen LogP contribution < -0.4 is 10.6 Å². The number of carbonyl (C=O) groups excluding carboxylic acids is 3. The number of rotatable bonds is 7. The minimum Gasteiger partial charge on any atom is -0.323 e. The molecule has 2 N–H and O–H groups in total. The molecule has 1 heterocycles. The van der Waals surface area contributed by atoms with Gasteiger partial charge in [0.25, 0.3) is 5.91 Å². The van der Waals surface area contributed by atoms with Crippen LogP contribution in [0.25, 0.3) is 0 Å². The number of carbonyl (C=O) groups is 3. The van der Waals surface area contributed by atoms with Crippen molar-refractivity contribution in [2.45, 2.75) is 45.1 Å². The van der Waals surface area contributed by atoms with E-state index in [1.165, 1.54) is 0 Å². The molecule has 130 valence electrons. The lowest BCUT2D eigenvalue weighted by molar-refractivity contribution is -0.134. The molecule has 0 bridgehead atoms. The lowest BCUT2D eigenvalue weighted by Gasteiger charge is -2.25. The molecule has 0 atom stereocenters. The Hall–Kier alpha value is -2.08. The van der Waals surface area contributed by atoms with Crippen LogP contribution in [0.2, 0.25) is 5.02 Å². The van der Waals surface area contributed by atoms with Gasteiger partial charge in [-0.15, -0.1) is 0 Å². The molecule has 1 aliphatic heterocycles. The van der Waals surface area contributed by atoms with E-state index in [0.29, 0.717) is 23.6 Å². The fraction of sp³-hybridized carbons (Fsp3) is 0.471. The van der Waals surface area contributed by atoms with Crippen LogP contribution in [0.4, 0.5) is 10.5 Å². The maximum atomic E-state index is 12.7. The van der Waals surface area contributed by atoms with Gasteiger partial charge in [-0.2, -0.15) is 0 Å². The monoisotopic (exact) mass is 351 g/mol. The Labute approximate surface area is 146 Å². The lowest BCUT2D eigenvalue weighted by Crippen LogP contribution is -2.47. The number of urea groups is 1. The van der Waals surface area contributed by atoms with Gasteiger partial charge in [-0.05, 0) is 25.0 Å². The van der Waals surface area contributed by atoms with E-state index in [2.05, 4.69) is 10.6 Å². The number of hydrogen-bond acceptors (Lipinski definition) is 3. The van der Waals surface area contributed by atoms with Gasteiger partial charge in [-0.3, -0.25) is 14.5 Å². The van der Waals surface area contributed by atoms with Gasteiger partial charge in [0.1, 0.15) is 12.1 Å². The van der Waals surface area contributed by atoms with E-state index in [-0.39, 0.29) is 12.5 Å². The van der Waals surface area contributed by atoms with Crippen LogP contribution in [0.15, 0.2) is 24.3 Å². The standard InChI is InChI=1S/C17H22ClN3O3/c1-3-9-17(10-4-2)15(23)21(16(24)20-17)11-14(22)19-13-8-6-5-7-12(13)18/h5-8H,3-4,9-11H2,1-2H3,(H,19,22)(H,20,24). The summed E-state index contributed by atoms with van der Waals surface area (Å²) in [6.07, 6.45) is 2.67. The molecule has 0 spiro atoms. The summed E-state index contributed by atoms with van der Waals surface area (Å²) in [5.41, 5.74) is -0.435. The van der Waals surface area contributed by atoms with Crippen molar-refractivity contribution < 1.29 is 14.4 Å². The number of imide groups is 1. The first-order valence-electron chi connectivity index (χ1n) is 8.12. The van der Waals surface area contributed by atoms with Crippen LogP contribution in [-0.4, -0.2) is 34.8 Å². The lowest BCUT2D eigenvalue weighted by atomic mass is 9.88. The second-order valence-electron chi connectivity index (χ2n) is 5.93. The van der Waals surface area contributed by atoms with Crippen LogP contribution in [-0.2, 0) is 9.59 Å². The first-order chi connectivity index (χ1) is 11.4. The Kier molecular flexibility index (Phi) is 5.83. The van der Waals surface area contributed by atoms with Crippen LogP contribution >= 0.6 is 11.6 Å². The predicted molar refractivity (Wildman–Crippen MR) is 92.9 cm³/mol. The maximum absolute atomic E-state index is 12.7. The Balaban J connectivity index is 2.09. The molecule has 1 aliphatic rings. The zero-order chi connectivity index (χ0) is 17.7. The van der Waals surface area contributed by atoms with Crippen molar-refractivity contribution in [2.75, 3.05) is 11.9 Å². The molecule has 2 rings (SSSR count). The summed E-state index contributed by atoms with van der Waals surface area (Å²) in [7, 11) is 0. The van der Waals surface area contributed by atoms with Crippen LogP contribution in [0.3, 0.4) is 0 Å². The number of benzene rings is 1. The molecule has 1 saturated heterocycles. The van der Waals surface area contributed by atoms with E-state index in [9.17, 15) is 14.4 Å². The maximum Gasteiger partial charge on any atom is 0.325 e. The van der Waals surface area contributed by atoms with Gasteiger partial charge < -0.3 is 10.6 Å². The molecule has 1 aromatic rings. The van der Waals surface area contributed by atoms with Gasteiger partial charge >= 0.3 is 6.03 Å². The van der Waals surface area contributed by atoms with Gasteiger partial charge in [-0.25, -0.2) is 4.79 Å². The number of halogens is 1. The predicted octanol–water partition coefficient (Wildman–Crippen LogP) is 3.17.